The van der Waals surface area contributed by atoms with E-state index in [0.717, 1.165) is 6.54 Å². The van der Waals surface area contributed by atoms with Crippen molar-refractivity contribution in [2.24, 2.45) is 10.4 Å². The van der Waals surface area contributed by atoms with Crippen LogP contribution in [0.2, 0.25) is 0 Å². The highest BCUT2D eigenvalue weighted by Crippen LogP contribution is 2.39. The first-order valence-electron chi connectivity index (χ1n) is 4.85. The van der Waals surface area contributed by atoms with Crippen LogP contribution in [0.4, 0.5) is 0 Å². The predicted octanol–water partition coefficient (Wildman–Crippen LogP) is 1.91. The van der Waals surface area contributed by atoms with Gasteiger partial charge in [-0.05, 0) is 20.3 Å². The van der Waals surface area contributed by atoms with Gasteiger partial charge in [0.1, 0.15) is 5.84 Å². The van der Waals surface area contributed by atoms with Crippen LogP contribution in [0.3, 0.4) is 0 Å². The molecular formula is C10H18N2. The summed E-state index contributed by atoms with van der Waals surface area (Å²) >= 11 is 0. The minimum absolute atomic E-state index is 0.324. The van der Waals surface area contributed by atoms with E-state index in [1.54, 1.807) is 0 Å². The van der Waals surface area contributed by atoms with Gasteiger partial charge in [0, 0.05) is 18.0 Å². The molecule has 1 saturated heterocycles. The summed E-state index contributed by atoms with van der Waals surface area (Å²) in [6, 6.07) is 1.21. The molecule has 2 nitrogen and oxygen atoms in total. The average molecular weight is 166 g/mol. The summed E-state index contributed by atoms with van der Waals surface area (Å²) in [5.74, 6) is 1.35. The Labute approximate surface area is 74.7 Å². The lowest BCUT2D eigenvalue weighted by Crippen LogP contribution is -2.31. The molecule has 0 radical (unpaired) electrons. The third-order valence-electron chi connectivity index (χ3n) is 3.02. The molecule has 2 rings (SSSR count). The summed E-state index contributed by atoms with van der Waals surface area (Å²) in [5.41, 5.74) is 0.324. The summed E-state index contributed by atoms with van der Waals surface area (Å²) in [6.45, 7) is 10.3. The van der Waals surface area contributed by atoms with E-state index in [-0.39, 0.29) is 0 Å². The lowest BCUT2D eigenvalue weighted by molar-refractivity contribution is 0.350. The summed E-state index contributed by atoms with van der Waals surface area (Å²) in [5, 5.41) is 0. The second-order valence-electron chi connectivity index (χ2n) is 4.89. The summed E-state index contributed by atoms with van der Waals surface area (Å²) in [6.07, 6.45) is 1.26. The number of nitrogens with zero attached hydrogens (tertiary/aromatic N) is 2. The number of fused-ring (bicyclic) bond motifs is 1. The zero-order valence-corrected chi connectivity index (χ0v) is 8.46. The Morgan fingerprint density at radius 3 is 2.67 bits per heavy atom. The summed E-state index contributed by atoms with van der Waals surface area (Å²) in [4.78, 5) is 7.17. The molecule has 2 heterocycles. The van der Waals surface area contributed by atoms with E-state index in [1.165, 1.54) is 12.3 Å². The molecule has 1 fully saturated rings. The van der Waals surface area contributed by atoms with Gasteiger partial charge in [0.05, 0.1) is 6.04 Å². The molecule has 2 aliphatic rings. The van der Waals surface area contributed by atoms with Crippen LogP contribution < -0.4 is 0 Å². The first kappa shape index (κ1) is 8.09. The Morgan fingerprint density at radius 1 is 1.42 bits per heavy atom. The van der Waals surface area contributed by atoms with Crippen LogP contribution in [0.1, 0.15) is 34.1 Å². The molecule has 0 saturated carbocycles. The molecule has 2 aliphatic heterocycles. The molecular weight excluding hydrogens is 148 g/mol. The van der Waals surface area contributed by atoms with Crippen LogP contribution in [-0.4, -0.2) is 29.4 Å². The minimum Gasteiger partial charge on any atom is -0.355 e. The number of hydrogen-bond donors (Lipinski definition) is 0. The summed E-state index contributed by atoms with van der Waals surface area (Å²) < 4.78 is 0. The molecule has 2 heteroatoms. The van der Waals surface area contributed by atoms with Crippen LogP contribution in [0.15, 0.2) is 4.99 Å². The van der Waals surface area contributed by atoms with Crippen molar-refractivity contribution in [3.05, 3.63) is 0 Å². The van der Waals surface area contributed by atoms with Gasteiger partial charge in [-0.1, -0.05) is 13.8 Å². The van der Waals surface area contributed by atoms with E-state index in [2.05, 4.69) is 32.6 Å². The fraction of sp³-hybridized carbons (Fsp3) is 0.900. The maximum Gasteiger partial charge on any atom is 0.105 e. The maximum atomic E-state index is 4.70. The average Bonchev–Trinajstić information content (AvgIpc) is 2.37. The fourth-order valence-electron chi connectivity index (χ4n) is 2.59. The topological polar surface area (TPSA) is 15.6 Å². The van der Waals surface area contributed by atoms with E-state index < -0.39 is 0 Å². The first-order chi connectivity index (χ1) is 5.50. The van der Waals surface area contributed by atoms with Crippen molar-refractivity contribution in [3.8, 4) is 0 Å². The second kappa shape index (κ2) is 2.24. The molecule has 0 spiro atoms. The van der Waals surface area contributed by atoms with Crippen LogP contribution >= 0.6 is 0 Å². The lowest BCUT2D eigenvalue weighted by Gasteiger charge is -2.19. The lowest BCUT2D eigenvalue weighted by atomic mass is 9.89. The molecule has 2 atom stereocenters. The maximum absolute atomic E-state index is 4.70. The molecule has 0 aromatic rings. The van der Waals surface area contributed by atoms with Crippen LogP contribution in [-0.2, 0) is 0 Å². The monoisotopic (exact) mass is 166 g/mol. The van der Waals surface area contributed by atoms with E-state index in [9.17, 15) is 0 Å². The summed E-state index contributed by atoms with van der Waals surface area (Å²) in [7, 11) is 0. The molecule has 2 unspecified atom stereocenters. The van der Waals surface area contributed by atoms with Crippen LogP contribution in [0.5, 0.6) is 0 Å². The van der Waals surface area contributed by atoms with Crippen molar-refractivity contribution >= 4 is 5.84 Å². The highest BCUT2D eigenvalue weighted by atomic mass is 15.3. The van der Waals surface area contributed by atoms with Gasteiger partial charge in [-0.3, -0.25) is 4.99 Å². The minimum atomic E-state index is 0.324. The Hall–Kier alpha value is -0.530. The SMILES string of the molecule is CC1CN2C(=N1)C(C)(C)CC2C. The normalized spacial score (nSPS) is 38.3. The van der Waals surface area contributed by atoms with Gasteiger partial charge < -0.3 is 4.90 Å². The zero-order valence-electron chi connectivity index (χ0n) is 8.46. The molecule has 0 amide bonds. The molecule has 0 N–H and O–H groups in total. The van der Waals surface area contributed by atoms with Crippen LogP contribution in [0, 0.1) is 5.41 Å². The Balaban J connectivity index is 2.32. The molecule has 0 bridgehead atoms. The Kier molecular flexibility index (Phi) is 1.51. The van der Waals surface area contributed by atoms with E-state index in [1.807, 2.05) is 0 Å². The highest BCUT2D eigenvalue weighted by molar-refractivity contribution is 5.91. The quantitative estimate of drug-likeness (QED) is 0.536. The molecule has 12 heavy (non-hydrogen) atoms. The standard InChI is InChI=1S/C10H18N2/c1-7-6-12-8(2)5-10(3,4)9(12)11-7/h7-8H,5-6H2,1-4H3. The number of amidine groups is 1. The largest absolute Gasteiger partial charge is 0.355 e. The molecule has 68 valence electrons. The van der Waals surface area contributed by atoms with E-state index in [4.69, 9.17) is 4.99 Å². The highest BCUT2D eigenvalue weighted by Gasteiger charge is 2.44. The van der Waals surface area contributed by atoms with E-state index >= 15 is 0 Å². The Morgan fingerprint density at radius 2 is 2.08 bits per heavy atom. The van der Waals surface area contributed by atoms with Crippen molar-refractivity contribution in [3.63, 3.8) is 0 Å². The van der Waals surface area contributed by atoms with Gasteiger partial charge in [-0.2, -0.15) is 0 Å². The van der Waals surface area contributed by atoms with Gasteiger partial charge in [-0.15, -0.1) is 0 Å². The van der Waals surface area contributed by atoms with Gasteiger partial charge in [0.2, 0.25) is 0 Å². The fourth-order valence-corrected chi connectivity index (χ4v) is 2.59. The molecule has 0 aromatic heterocycles. The molecule has 0 aromatic carbocycles. The number of hydrogen-bond acceptors (Lipinski definition) is 2. The smallest absolute Gasteiger partial charge is 0.105 e. The second-order valence-corrected chi connectivity index (χ2v) is 4.89. The van der Waals surface area contributed by atoms with Crippen molar-refractivity contribution < 1.29 is 0 Å². The van der Waals surface area contributed by atoms with E-state index in [0.29, 0.717) is 17.5 Å². The third-order valence-corrected chi connectivity index (χ3v) is 3.02. The van der Waals surface area contributed by atoms with Gasteiger partial charge in [0.25, 0.3) is 0 Å². The Bertz CT molecular complexity index is 230. The predicted molar refractivity (Wildman–Crippen MR) is 51.5 cm³/mol. The van der Waals surface area contributed by atoms with Crippen molar-refractivity contribution in [1.29, 1.82) is 0 Å². The first-order valence-corrected chi connectivity index (χ1v) is 4.85. The van der Waals surface area contributed by atoms with Crippen molar-refractivity contribution in [1.82, 2.24) is 4.90 Å². The third kappa shape index (κ3) is 0.970. The van der Waals surface area contributed by atoms with Gasteiger partial charge in [0.15, 0.2) is 0 Å². The molecule has 0 aliphatic carbocycles. The van der Waals surface area contributed by atoms with Gasteiger partial charge >= 0.3 is 0 Å². The van der Waals surface area contributed by atoms with Crippen molar-refractivity contribution in [2.75, 3.05) is 6.54 Å². The number of aliphatic imine (C=N–C) groups is 1. The van der Waals surface area contributed by atoms with Crippen molar-refractivity contribution in [2.45, 2.75) is 46.2 Å². The number of rotatable bonds is 0. The zero-order chi connectivity index (χ0) is 8.93. The van der Waals surface area contributed by atoms with Gasteiger partial charge in [-0.25, -0.2) is 0 Å². The van der Waals surface area contributed by atoms with Crippen LogP contribution in [0.25, 0.3) is 0 Å².